The van der Waals surface area contributed by atoms with Gasteiger partial charge in [-0.2, -0.15) is 0 Å². The number of aryl methyl sites for hydroxylation is 2. The fourth-order valence-electron chi connectivity index (χ4n) is 3.19. The first-order valence-electron chi connectivity index (χ1n) is 9.85. The summed E-state index contributed by atoms with van der Waals surface area (Å²) in [4.78, 5) is 0. The van der Waals surface area contributed by atoms with Gasteiger partial charge in [0.05, 0.1) is 12.2 Å². The van der Waals surface area contributed by atoms with Crippen molar-refractivity contribution in [2.45, 2.75) is 50.7 Å². The lowest BCUT2D eigenvalue weighted by atomic mass is 10.0. The number of hydrogen-bond donors (Lipinski definition) is 4. The van der Waals surface area contributed by atoms with Gasteiger partial charge in [0.2, 0.25) is 0 Å². The van der Waals surface area contributed by atoms with Gasteiger partial charge < -0.3 is 27.7 Å². The van der Waals surface area contributed by atoms with Gasteiger partial charge in [0.25, 0.3) is 0 Å². The van der Waals surface area contributed by atoms with Gasteiger partial charge in [0.15, 0.2) is 0 Å². The minimum Gasteiger partial charge on any atom is -0.399 e. The van der Waals surface area contributed by atoms with Crippen LogP contribution < -0.4 is 22.9 Å². The molecule has 8 N–H and O–H groups in total. The topological polar surface area (TPSA) is 113 Å². The third-order valence-corrected chi connectivity index (χ3v) is 4.85. The highest BCUT2D eigenvalue weighted by Gasteiger charge is 2.14. The van der Waals surface area contributed by atoms with E-state index >= 15 is 0 Å². The summed E-state index contributed by atoms with van der Waals surface area (Å²) in [5.41, 5.74) is 27.5. The third kappa shape index (κ3) is 7.99. The zero-order valence-electron chi connectivity index (χ0n) is 16.1. The van der Waals surface area contributed by atoms with Gasteiger partial charge in [-0.05, 0) is 73.9 Å². The molecule has 0 radical (unpaired) electrons. The molecule has 148 valence electrons. The van der Waals surface area contributed by atoms with Gasteiger partial charge >= 0.3 is 0 Å². The Morgan fingerprint density at radius 3 is 1.33 bits per heavy atom. The molecule has 0 bridgehead atoms. The molecular weight excluding hydrogens is 336 g/mol. The average Bonchev–Trinajstić information content (AvgIpc) is 2.69. The van der Waals surface area contributed by atoms with Gasteiger partial charge in [-0.3, -0.25) is 0 Å². The summed E-state index contributed by atoms with van der Waals surface area (Å²) in [5.74, 6) is 0. The molecule has 2 aromatic carbocycles. The Hall–Kier alpha value is -2.08. The molecule has 5 nitrogen and oxygen atoms in total. The monoisotopic (exact) mass is 370 g/mol. The van der Waals surface area contributed by atoms with Crippen molar-refractivity contribution in [1.29, 1.82) is 0 Å². The fraction of sp³-hybridized carbons (Fsp3) is 0.455. The largest absolute Gasteiger partial charge is 0.399 e. The van der Waals surface area contributed by atoms with Crippen molar-refractivity contribution in [2.75, 3.05) is 24.6 Å². The van der Waals surface area contributed by atoms with Crippen LogP contribution in [0.4, 0.5) is 11.4 Å². The van der Waals surface area contributed by atoms with Crippen LogP contribution in [0, 0.1) is 0 Å². The summed E-state index contributed by atoms with van der Waals surface area (Å²) in [6.45, 7) is 1.05. The molecular formula is C22H34N4O. The van der Waals surface area contributed by atoms with Crippen LogP contribution in [0.3, 0.4) is 0 Å². The molecule has 0 spiro atoms. The van der Waals surface area contributed by atoms with Crippen LogP contribution in [0.2, 0.25) is 0 Å². The predicted molar refractivity (Wildman–Crippen MR) is 114 cm³/mol. The summed E-state index contributed by atoms with van der Waals surface area (Å²) in [5, 5.41) is 0. The number of nitrogen functional groups attached to an aromatic ring is 2. The van der Waals surface area contributed by atoms with E-state index in [1.54, 1.807) is 0 Å². The standard InChI is InChI=1S/C22H34N4O/c23-15-21(5-1-3-17-7-11-19(25)12-8-17)27-22(16-24)6-2-4-18-9-13-20(26)14-10-18/h7-14,21-22H,1-6,15-16,23-26H2. The van der Waals surface area contributed by atoms with E-state index in [9.17, 15) is 0 Å². The molecule has 2 aromatic rings. The Morgan fingerprint density at radius 2 is 1.00 bits per heavy atom. The molecule has 0 aromatic heterocycles. The van der Waals surface area contributed by atoms with Crippen molar-refractivity contribution in [3.63, 3.8) is 0 Å². The van der Waals surface area contributed by atoms with E-state index in [0.717, 1.165) is 49.9 Å². The van der Waals surface area contributed by atoms with Crippen molar-refractivity contribution < 1.29 is 4.74 Å². The van der Waals surface area contributed by atoms with Crippen LogP contribution in [-0.2, 0) is 17.6 Å². The van der Waals surface area contributed by atoms with Crippen LogP contribution in [-0.4, -0.2) is 25.3 Å². The van der Waals surface area contributed by atoms with Crippen molar-refractivity contribution in [1.82, 2.24) is 0 Å². The summed E-state index contributed by atoms with van der Waals surface area (Å²) in [6.07, 6.45) is 6.08. The maximum absolute atomic E-state index is 6.17. The SMILES string of the molecule is NCC(CCCc1ccc(N)cc1)OC(CN)CCCc1ccc(N)cc1. The molecule has 2 atom stereocenters. The van der Waals surface area contributed by atoms with Crippen LogP contribution >= 0.6 is 0 Å². The first-order valence-corrected chi connectivity index (χ1v) is 9.85. The minimum absolute atomic E-state index is 0.0591. The number of anilines is 2. The second-order valence-electron chi connectivity index (χ2n) is 7.12. The lowest BCUT2D eigenvalue weighted by molar-refractivity contribution is -0.0120. The molecule has 2 unspecified atom stereocenters. The van der Waals surface area contributed by atoms with E-state index in [0.29, 0.717) is 13.1 Å². The molecule has 0 aliphatic carbocycles. The number of benzene rings is 2. The lowest BCUT2D eigenvalue weighted by Gasteiger charge is -2.23. The predicted octanol–water partition coefficient (Wildman–Crippen LogP) is 2.87. The molecule has 0 fully saturated rings. The maximum Gasteiger partial charge on any atom is 0.0701 e. The molecule has 0 aliphatic heterocycles. The van der Waals surface area contributed by atoms with Gasteiger partial charge in [0.1, 0.15) is 0 Å². The highest BCUT2D eigenvalue weighted by Crippen LogP contribution is 2.15. The molecule has 2 rings (SSSR count). The first-order chi connectivity index (χ1) is 13.1. The summed E-state index contributed by atoms with van der Waals surface area (Å²) >= 11 is 0. The smallest absolute Gasteiger partial charge is 0.0701 e. The number of ether oxygens (including phenoxy) is 1. The van der Waals surface area contributed by atoms with Crippen molar-refractivity contribution >= 4 is 11.4 Å². The Balaban J connectivity index is 1.69. The van der Waals surface area contributed by atoms with Gasteiger partial charge in [-0.15, -0.1) is 0 Å². The van der Waals surface area contributed by atoms with Gasteiger partial charge in [0, 0.05) is 24.5 Å². The highest BCUT2D eigenvalue weighted by molar-refractivity contribution is 5.39. The molecule has 0 aliphatic rings. The molecule has 0 saturated carbocycles. The summed E-state index contributed by atoms with van der Waals surface area (Å²) in [7, 11) is 0. The third-order valence-electron chi connectivity index (χ3n) is 4.85. The van der Waals surface area contributed by atoms with E-state index in [2.05, 4.69) is 24.3 Å². The molecule has 0 saturated heterocycles. The maximum atomic E-state index is 6.17. The van der Waals surface area contributed by atoms with Crippen molar-refractivity contribution in [2.24, 2.45) is 11.5 Å². The van der Waals surface area contributed by atoms with E-state index in [1.165, 1.54) is 11.1 Å². The minimum atomic E-state index is 0.0591. The van der Waals surface area contributed by atoms with Crippen molar-refractivity contribution in [3.05, 3.63) is 59.7 Å². The molecule has 27 heavy (non-hydrogen) atoms. The quantitative estimate of drug-likeness (QED) is 0.429. The van der Waals surface area contributed by atoms with Crippen LogP contribution in [0.1, 0.15) is 36.8 Å². The Bertz CT molecular complexity index is 585. The van der Waals surface area contributed by atoms with E-state index < -0.39 is 0 Å². The Morgan fingerprint density at radius 1 is 0.630 bits per heavy atom. The first kappa shape index (κ1) is 21.2. The van der Waals surface area contributed by atoms with Crippen LogP contribution in [0.25, 0.3) is 0 Å². The van der Waals surface area contributed by atoms with Gasteiger partial charge in [-0.1, -0.05) is 24.3 Å². The fourth-order valence-corrected chi connectivity index (χ4v) is 3.19. The zero-order valence-corrected chi connectivity index (χ0v) is 16.1. The Kier molecular flexibility index (Phi) is 9.11. The van der Waals surface area contributed by atoms with E-state index in [-0.39, 0.29) is 12.2 Å². The second kappa shape index (κ2) is 11.6. The zero-order chi connectivity index (χ0) is 19.5. The lowest BCUT2D eigenvalue weighted by Crippen LogP contribution is -2.33. The van der Waals surface area contributed by atoms with Crippen molar-refractivity contribution in [3.8, 4) is 0 Å². The number of rotatable bonds is 12. The number of hydrogen-bond acceptors (Lipinski definition) is 5. The van der Waals surface area contributed by atoms with Crippen LogP contribution in [0.5, 0.6) is 0 Å². The van der Waals surface area contributed by atoms with Crippen LogP contribution in [0.15, 0.2) is 48.5 Å². The molecule has 0 heterocycles. The molecule has 0 amide bonds. The van der Waals surface area contributed by atoms with E-state index in [4.69, 9.17) is 27.7 Å². The van der Waals surface area contributed by atoms with Gasteiger partial charge in [-0.25, -0.2) is 0 Å². The number of nitrogens with two attached hydrogens (primary N) is 4. The average molecular weight is 371 g/mol. The summed E-state index contributed by atoms with van der Waals surface area (Å²) in [6, 6.07) is 16.1. The Labute approximate surface area is 163 Å². The normalized spacial score (nSPS) is 13.4. The summed E-state index contributed by atoms with van der Waals surface area (Å²) < 4.78 is 6.17. The second-order valence-corrected chi connectivity index (χ2v) is 7.12. The molecule has 5 heteroatoms. The highest BCUT2D eigenvalue weighted by atomic mass is 16.5. The van der Waals surface area contributed by atoms with E-state index in [1.807, 2.05) is 24.3 Å².